The molecule has 29 heavy (non-hydrogen) atoms. The van der Waals surface area contributed by atoms with Gasteiger partial charge in [-0.3, -0.25) is 10.3 Å². The molecule has 1 aromatic heterocycles. The summed E-state index contributed by atoms with van der Waals surface area (Å²) in [6, 6.07) is 9.88. The zero-order chi connectivity index (χ0) is 21.1. The molecule has 1 aliphatic rings. The van der Waals surface area contributed by atoms with Crippen LogP contribution in [0.1, 0.15) is 38.1 Å². The van der Waals surface area contributed by atoms with Gasteiger partial charge < -0.3 is 19.3 Å². The molecule has 156 valence electrons. The van der Waals surface area contributed by atoms with Gasteiger partial charge in [0.2, 0.25) is 5.60 Å². The van der Waals surface area contributed by atoms with Gasteiger partial charge in [-0.25, -0.2) is 4.79 Å². The van der Waals surface area contributed by atoms with Gasteiger partial charge in [-0.15, -0.1) is 0 Å². The molecule has 7 heteroatoms. The third-order valence-corrected chi connectivity index (χ3v) is 4.98. The fourth-order valence-corrected chi connectivity index (χ4v) is 3.02. The molecule has 0 spiro atoms. The maximum Gasteiger partial charge on any atom is 0.342 e. The summed E-state index contributed by atoms with van der Waals surface area (Å²) in [6.45, 7) is 6.38. The van der Waals surface area contributed by atoms with Gasteiger partial charge in [0.1, 0.15) is 0 Å². The van der Waals surface area contributed by atoms with Crippen molar-refractivity contribution in [3.63, 3.8) is 0 Å². The predicted molar refractivity (Wildman–Crippen MR) is 111 cm³/mol. The van der Waals surface area contributed by atoms with Crippen LogP contribution in [-0.2, 0) is 19.0 Å². The van der Waals surface area contributed by atoms with Crippen molar-refractivity contribution in [3.8, 4) is 0 Å². The quantitative estimate of drug-likeness (QED) is 0.690. The maximum absolute atomic E-state index is 11.8. The van der Waals surface area contributed by atoms with Gasteiger partial charge in [0.25, 0.3) is 0 Å². The monoisotopic (exact) mass is 400 g/mol. The number of carbonyl (C=O) groups is 1. The first kappa shape index (κ1) is 21.4. The van der Waals surface area contributed by atoms with Gasteiger partial charge in [0.05, 0.1) is 36.8 Å². The summed E-state index contributed by atoms with van der Waals surface area (Å²) < 4.78 is 16.4. The molecule has 2 atom stereocenters. The number of aliphatic carboxylic acids is 1. The molecule has 2 heterocycles. The highest BCUT2D eigenvalue weighted by Gasteiger charge is 2.44. The van der Waals surface area contributed by atoms with Gasteiger partial charge in [-0.2, -0.15) is 0 Å². The van der Waals surface area contributed by atoms with Crippen molar-refractivity contribution < 1.29 is 24.1 Å². The molecule has 2 aromatic rings. The summed E-state index contributed by atoms with van der Waals surface area (Å²) in [5.41, 5.74) is 0.599. The van der Waals surface area contributed by atoms with Gasteiger partial charge >= 0.3 is 5.97 Å². The molecule has 0 amide bonds. The highest BCUT2D eigenvalue weighted by Crippen LogP contribution is 2.28. The lowest BCUT2D eigenvalue weighted by Gasteiger charge is -2.39. The van der Waals surface area contributed by atoms with Crippen LogP contribution >= 0.6 is 0 Å². The number of carboxylic acids is 1. The smallest absolute Gasteiger partial charge is 0.342 e. The number of methoxy groups -OCH3 is 1. The first-order valence-electron chi connectivity index (χ1n) is 9.58. The van der Waals surface area contributed by atoms with E-state index in [2.05, 4.69) is 5.32 Å². The standard InChI is InChI=1S/C22H28N2O5/c1-15(23-14-27-4)18-8-7-17-6-5-16(11-19(17)24-18)9-10-22(20(25)26)13-28-21(2,3)12-29-22/h5-11,15,23H,12-14H2,1-4H3,(H,25,26)/b10-9+/t15-,22?/m1/s1. The van der Waals surface area contributed by atoms with Crippen molar-refractivity contribution in [1.82, 2.24) is 10.3 Å². The number of benzene rings is 1. The fraction of sp³-hybridized carbons (Fsp3) is 0.455. The largest absolute Gasteiger partial charge is 0.479 e. The Labute approximate surface area is 170 Å². The van der Waals surface area contributed by atoms with Crippen LogP contribution in [0.5, 0.6) is 0 Å². The van der Waals surface area contributed by atoms with E-state index in [9.17, 15) is 9.90 Å². The van der Waals surface area contributed by atoms with E-state index in [1.165, 1.54) is 0 Å². The number of nitrogens with zero attached hydrogens (tertiary/aromatic N) is 1. The average molecular weight is 400 g/mol. The minimum atomic E-state index is -1.49. The molecule has 1 fully saturated rings. The topological polar surface area (TPSA) is 89.9 Å². The number of fused-ring (bicyclic) bond motifs is 1. The lowest BCUT2D eigenvalue weighted by molar-refractivity contribution is -0.216. The average Bonchev–Trinajstić information content (AvgIpc) is 2.70. The van der Waals surface area contributed by atoms with Crippen molar-refractivity contribution in [2.24, 2.45) is 0 Å². The van der Waals surface area contributed by atoms with Gasteiger partial charge in [0, 0.05) is 18.5 Å². The second-order valence-electron chi connectivity index (χ2n) is 7.91. The van der Waals surface area contributed by atoms with Crippen LogP contribution in [0.4, 0.5) is 0 Å². The first-order valence-corrected chi connectivity index (χ1v) is 9.58. The molecule has 1 aromatic carbocycles. The van der Waals surface area contributed by atoms with Crippen LogP contribution in [-0.4, -0.2) is 54.3 Å². The van der Waals surface area contributed by atoms with Crippen molar-refractivity contribution in [2.75, 3.05) is 27.1 Å². The number of aromatic nitrogens is 1. The Morgan fingerprint density at radius 1 is 1.31 bits per heavy atom. The third-order valence-electron chi connectivity index (χ3n) is 4.98. The summed E-state index contributed by atoms with van der Waals surface area (Å²) in [5.74, 6) is -1.07. The van der Waals surface area contributed by atoms with Crippen LogP contribution in [0.25, 0.3) is 17.0 Å². The number of nitrogens with one attached hydrogen (secondary N) is 1. The molecule has 0 radical (unpaired) electrons. The van der Waals surface area contributed by atoms with E-state index in [-0.39, 0.29) is 19.3 Å². The number of hydrogen-bond donors (Lipinski definition) is 2. The normalized spacial score (nSPS) is 22.8. The van der Waals surface area contributed by atoms with Gasteiger partial charge in [0.15, 0.2) is 0 Å². The molecule has 1 saturated heterocycles. The van der Waals surface area contributed by atoms with Crippen molar-refractivity contribution in [1.29, 1.82) is 0 Å². The van der Waals surface area contributed by atoms with E-state index in [0.29, 0.717) is 6.73 Å². The van der Waals surface area contributed by atoms with E-state index >= 15 is 0 Å². The number of rotatable bonds is 7. The summed E-state index contributed by atoms with van der Waals surface area (Å²) in [7, 11) is 1.64. The van der Waals surface area contributed by atoms with Crippen LogP contribution in [0.2, 0.25) is 0 Å². The Morgan fingerprint density at radius 3 is 2.72 bits per heavy atom. The van der Waals surface area contributed by atoms with Gasteiger partial charge in [-0.05, 0) is 44.5 Å². The molecule has 1 aliphatic heterocycles. The van der Waals surface area contributed by atoms with Gasteiger partial charge in [-0.1, -0.05) is 24.3 Å². The van der Waals surface area contributed by atoms with Crippen LogP contribution < -0.4 is 5.32 Å². The fourth-order valence-electron chi connectivity index (χ4n) is 3.02. The van der Waals surface area contributed by atoms with Crippen LogP contribution in [0, 0.1) is 0 Å². The minimum Gasteiger partial charge on any atom is -0.479 e. The summed E-state index contributed by atoms with van der Waals surface area (Å²) in [4.78, 5) is 16.6. The molecule has 0 saturated carbocycles. The first-order chi connectivity index (χ1) is 13.7. The third kappa shape index (κ3) is 5.00. The van der Waals surface area contributed by atoms with Crippen molar-refractivity contribution >= 4 is 22.9 Å². The lowest BCUT2D eigenvalue weighted by atomic mass is 9.99. The number of carboxylic acid groups (broad SMARTS) is 1. The molecule has 1 unspecified atom stereocenters. The highest BCUT2D eigenvalue weighted by molar-refractivity contribution is 5.84. The zero-order valence-corrected chi connectivity index (χ0v) is 17.3. The molecule has 2 N–H and O–H groups in total. The van der Waals surface area contributed by atoms with E-state index < -0.39 is 17.2 Å². The molecular formula is C22H28N2O5. The van der Waals surface area contributed by atoms with Crippen molar-refractivity contribution in [3.05, 3.63) is 47.7 Å². The molecule has 0 bridgehead atoms. The second kappa shape index (κ2) is 8.59. The second-order valence-corrected chi connectivity index (χ2v) is 7.91. The zero-order valence-electron chi connectivity index (χ0n) is 17.3. The van der Waals surface area contributed by atoms with E-state index in [1.54, 1.807) is 19.3 Å². The van der Waals surface area contributed by atoms with Crippen molar-refractivity contribution in [2.45, 2.75) is 38.0 Å². The minimum absolute atomic E-state index is 0.0372. The summed E-state index contributed by atoms with van der Waals surface area (Å²) in [6.07, 6.45) is 3.30. The molecule has 7 nitrogen and oxygen atoms in total. The highest BCUT2D eigenvalue weighted by atomic mass is 16.6. The van der Waals surface area contributed by atoms with Crippen LogP contribution in [0.3, 0.4) is 0 Å². The Hall–Kier alpha value is -2.32. The Morgan fingerprint density at radius 2 is 2.07 bits per heavy atom. The molecule has 0 aliphatic carbocycles. The Kier molecular flexibility index (Phi) is 6.33. The number of pyridine rings is 1. The Balaban J connectivity index is 1.84. The SMILES string of the molecule is COCN[C@H](C)c1ccc2ccc(/C=C/C3(C(=O)O)COC(C)(C)CO3)cc2n1. The van der Waals surface area contributed by atoms with E-state index in [1.807, 2.05) is 51.1 Å². The van der Waals surface area contributed by atoms with E-state index in [0.717, 1.165) is 22.2 Å². The number of ether oxygens (including phenoxy) is 3. The predicted octanol–water partition coefficient (Wildman–Crippen LogP) is 3.15. The maximum atomic E-state index is 11.8. The lowest BCUT2D eigenvalue weighted by Crippen LogP contribution is -2.54. The number of hydrogen-bond acceptors (Lipinski definition) is 6. The Bertz CT molecular complexity index is 899. The van der Waals surface area contributed by atoms with E-state index in [4.69, 9.17) is 19.2 Å². The molecular weight excluding hydrogens is 372 g/mol. The summed E-state index contributed by atoms with van der Waals surface area (Å²) in [5, 5.41) is 13.9. The summed E-state index contributed by atoms with van der Waals surface area (Å²) >= 11 is 0. The van der Waals surface area contributed by atoms with Crippen LogP contribution in [0.15, 0.2) is 36.4 Å². The molecule has 3 rings (SSSR count).